The van der Waals surface area contributed by atoms with E-state index in [-0.39, 0.29) is 0 Å². The summed E-state index contributed by atoms with van der Waals surface area (Å²) in [5, 5.41) is 0. The summed E-state index contributed by atoms with van der Waals surface area (Å²) in [5.41, 5.74) is 11.4. The highest BCUT2D eigenvalue weighted by molar-refractivity contribution is 5.83. The topological polar surface area (TPSA) is 0 Å². The van der Waals surface area contributed by atoms with Gasteiger partial charge in [0, 0.05) is 0 Å². The molecule has 3 rings (SSSR count). The fraction of sp³-hybridized carbons (Fsp3) is 0.214. The standard InChI is InChI=1S/C28H30/c1-20-10-6-8-12-27(20)19-23(4)26-16-14-25(15-17-26)22(3)18-24(5)28-13-9-7-11-21(28)2/h7-9,11-19H,3,6,10H2,1-2,4-5H3/b23-19+,24-18-. The third kappa shape index (κ3) is 4.70. The minimum atomic E-state index is 1.04. The predicted molar refractivity (Wildman–Crippen MR) is 125 cm³/mol. The van der Waals surface area contributed by atoms with Gasteiger partial charge in [-0.15, -0.1) is 0 Å². The maximum absolute atomic E-state index is 4.29. The van der Waals surface area contributed by atoms with Crippen LogP contribution in [0.4, 0.5) is 0 Å². The zero-order valence-electron chi connectivity index (χ0n) is 17.5. The molecule has 0 spiro atoms. The SMILES string of the molecule is C=C(/C=C(/C)c1ccccc1C)c1ccc(/C(C)=C/C2=C(C)CCC=C2)cc1. The second-order valence-corrected chi connectivity index (χ2v) is 7.75. The van der Waals surface area contributed by atoms with E-state index in [0.29, 0.717) is 0 Å². The molecule has 0 bridgehead atoms. The molecule has 0 saturated carbocycles. The monoisotopic (exact) mass is 366 g/mol. The lowest BCUT2D eigenvalue weighted by Crippen LogP contribution is -1.90. The van der Waals surface area contributed by atoms with Crippen molar-refractivity contribution in [3.05, 3.63) is 113 Å². The van der Waals surface area contributed by atoms with Gasteiger partial charge in [0.15, 0.2) is 0 Å². The molecule has 0 nitrogen and oxygen atoms in total. The minimum Gasteiger partial charge on any atom is -0.0911 e. The van der Waals surface area contributed by atoms with Crippen molar-refractivity contribution in [2.45, 2.75) is 40.5 Å². The molecule has 0 atom stereocenters. The molecule has 0 heterocycles. The molecule has 0 N–H and O–H groups in total. The van der Waals surface area contributed by atoms with Crippen LogP contribution >= 0.6 is 0 Å². The van der Waals surface area contributed by atoms with E-state index in [1.807, 2.05) is 0 Å². The van der Waals surface area contributed by atoms with Gasteiger partial charge < -0.3 is 0 Å². The lowest BCUT2D eigenvalue weighted by Gasteiger charge is -2.11. The fourth-order valence-corrected chi connectivity index (χ4v) is 3.67. The maximum Gasteiger partial charge on any atom is -0.0189 e. The molecule has 0 aliphatic heterocycles. The van der Waals surface area contributed by atoms with Crippen LogP contribution in [0.2, 0.25) is 0 Å². The van der Waals surface area contributed by atoms with Gasteiger partial charge in [-0.1, -0.05) is 85.0 Å². The Balaban J connectivity index is 1.79. The van der Waals surface area contributed by atoms with Gasteiger partial charge in [-0.2, -0.15) is 0 Å². The lowest BCUT2D eigenvalue weighted by molar-refractivity contribution is 0.948. The van der Waals surface area contributed by atoms with Gasteiger partial charge in [-0.05, 0) is 85.1 Å². The summed E-state index contributed by atoms with van der Waals surface area (Å²) in [5.74, 6) is 0. The number of hydrogen-bond acceptors (Lipinski definition) is 0. The number of benzene rings is 2. The number of aryl methyl sites for hydroxylation is 1. The first-order chi connectivity index (χ1) is 13.5. The largest absolute Gasteiger partial charge is 0.0911 e. The van der Waals surface area contributed by atoms with Crippen LogP contribution in [0.5, 0.6) is 0 Å². The molecule has 1 aliphatic rings. The predicted octanol–water partition coefficient (Wildman–Crippen LogP) is 8.18. The molecule has 0 amide bonds. The third-order valence-corrected chi connectivity index (χ3v) is 5.52. The first-order valence-electron chi connectivity index (χ1n) is 10.0. The van der Waals surface area contributed by atoms with E-state index >= 15 is 0 Å². The summed E-state index contributed by atoms with van der Waals surface area (Å²) in [7, 11) is 0. The zero-order valence-corrected chi connectivity index (χ0v) is 17.5. The summed E-state index contributed by atoms with van der Waals surface area (Å²) >= 11 is 0. The van der Waals surface area contributed by atoms with Crippen molar-refractivity contribution in [3.8, 4) is 0 Å². The number of rotatable bonds is 5. The second-order valence-electron chi connectivity index (χ2n) is 7.75. The molecule has 28 heavy (non-hydrogen) atoms. The Morgan fingerprint density at radius 1 is 0.893 bits per heavy atom. The lowest BCUT2D eigenvalue weighted by atomic mass is 9.94. The van der Waals surface area contributed by atoms with E-state index in [4.69, 9.17) is 0 Å². The highest BCUT2D eigenvalue weighted by atomic mass is 14.1. The minimum absolute atomic E-state index is 1.04. The Labute approximate surface area is 170 Å². The summed E-state index contributed by atoms with van der Waals surface area (Å²) in [4.78, 5) is 0. The molecule has 0 unspecified atom stereocenters. The smallest absolute Gasteiger partial charge is 0.0189 e. The molecule has 2 aromatic carbocycles. The van der Waals surface area contributed by atoms with Gasteiger partial charge in [0.25, 0.3) is 0 Å². The maximum atomic E-state index is 4.29. The average molecular weight is 367 g/mol. The number of allylic oxidation sites excluding steroid dienone is 9. The molecular formula is C28H30. The number of hydrogen-bond donors (Lipinski definition) is 0. The van der Waals surface area contributed by atoms with Crippen LogP contribution in [0.1, 0.15) is 55.9 Å². The zero-order chi connectivity index (χ0) is 20.1. The molecule has 0 radical (unpaired) electrons. The second kappa shape index (κ2) is 8.89. The van der Waals surface area contributed by atoms with Crippen molar-refractivity contribution >= 4 is 16.7 Å². The Morgan fingerprint density at radius 2 is 1.57 bits per heavy atom. The normalized spacial score (nSPS) is 15.1. The van der Waals surface area contributed by atoms with Crippen LogP contribution in [-0.2, 0) is 0 Å². The molecule has 1 aliphatic carbocycles. The summed E-state index contributed by atoms with van der Waals surface area (Å²) < 4.78 is 0. The fourth-order valence-electron chi connectivity index (χ4n) is 3.67. The Hall–Kier alpha value is -2.86. The van der Waals surface area contributed by atoms with Crippen LogP contribution in [0.25, 0.3) is 16.7 Å². The van der Waals surface area contributed by atoms with E-state index in [1.165, 1.54) is 45.4 Å². The molecule has 0 fully saturated rings. The van der Waals surface area contributed by atoms with Gasteiger partial charge in [0.05, 0.1) is 0 Å². The first-order valence-corrected chi connectivity index (χ1v) is 10.0. The van der Waals surface area contributed by atoms with Crippen molar-refractivity contribution in [1.29, 1.82) is 0 Å². The van der Waals surface area contributed by atoms with Crippen LogP contribution in [0.3, 0.4) is 0 Å². The highest BCUT2D eigenvalue weighted by Crippen LogP contribution is 2.26. The summed E-state index contributed by atoms with van der Waals surface area (Å²) in [6.07, 6.45) is 11.3. The Bertz CT molecular complexity index is 989. The van der Waals surface area contributed by atoms with E-state index in [1.54, 1.807) is 0 Å². The Morgan fingerprint density at radius 3 is 2.25 bits per heavy atom. The van der Waals surface area contributed by atoms with Crippen LogP contribution < -0.4 is 0 Å². The summed E-state index contributed by atoms with van der Waals surface area (Å²) in [6.45, 7) is 13.0. The molecule has 142 valence electrons. The molecule has 2 aromatic rings. The van der Waals surface area contributed by atoms with Crippen LogP contribution in [0.15, 0.2) is 90.6 Å². The molecule has 0 heteroatoms. The van der Waals surface area contributed by atoms with Crippen molar-refractivity contribution in [2.75, 3.05) is 0 Å². The van der Waals surface area contributed by atoms with Gasteiger partial charge >= 0.3 is 0 Å². The van der Waals surface area contributed by atoms with E-state index in [9.17, 15) is 0 Å². The van der Waals surface area contributed by atoms with E-state index in [0.717, 1.165) is 17.6 Å². The Kier molecular flexibility index (Phi) is 6.31. The third-order valence-electron chi connectivity index (χ3n) is 5.52. The average Bonchev–Trinajstić information content (AvgIpc) is 2.70. The van der Waals surface area contributed by atoms with Crippen molar-refractivity contribution in [2.24, 2.45) is 0 Å². The summed E-state index contributed by atoms with van der Waals surface area (Å²) in [6, 6.07) is 17.2. The quantitative estimate of drug-likeness (QED) is 0.468. The molecule has 0 aromatic heterocycles. The van der Waals surface area contributed by atoms with Gasteiger partial charge in [-0.3, -0.25) is 0 Å². The van der Waals surface area contributed by atoms with Gasteiger partial charge in [-0.25, -0.2) is 0 Å². The van der Waals surface area contributed by atoms with Gasteiger partial charge in [0.2, 0.25) is 0 Å². The van der Waals surface area contributed by atoms with Crippen LogP contribution in [0, 0.1) is 6.92 Å². The van der Waals surface area contributed by atoms with Gasteiger partial charge in [0.1, 0.15) is 0 Å². The van der Waals surface area contributed by atoms with Crippen molar-refractivity contribution in [1.82, 2.24) is 0 Å². The highest BCUT2D eigenvalue weighted by Gasteiger charge is 2.05. The van der Waals surface area contributed by atoms with Crippen molar-refractivity contribution < 1.29 is 0 Å². The van der Waals surface area contributed by atoms with E-state index in [2.05, 4.69) is 107 Å². The first kappa shape index (κ1) is 19.9. The molecular weight excluding hydrogens is 336 g/mol. The van der Waals surface area contributed by atoms with Crippen LogP contribution in [-0.4, -0.2) is 0 Å². The van der Waals surface area contributed by atoms with E-state index < -0.39 is 0 Å². The molecule has 0 saturated heterocycles. The van der Waals surface area contributed by atoms with Crippen molar-refractivity contribution in [3.63, 3.8) is 0 Å².